The summed E-state index contributed by atoms with van der Waals surface area (Å²) in [6.07, 6.45) is 4.88. The number of rotatable bonds is 6. The van der Waals surface area contributed by atoms with Crippen molar-refractivity contribution in [3.8, 4) is 0 Å². The average Bonchev–Trinajstić information content (AvgIpc) is 3.14. The highest BCUT2D eigenvalue weighted by Crippen LogP contribution is 2.18. The third-order valence-electron chi connectivity index (χ3n) is 4.45. The lowest BCUT2D eigenvalue weighted by Gasteiger charge is -2.26. The molecule has 3 N–H and O–H groups in total. The Morgan fingerprint density at radius 2 is 1.96 bits per heavy atom. The van der Waals surface area contributed by atoms with E-state index < -0.39 is 6.04 Å². The molecule has 2 aromatic rings. The van der Waals surface area contributed by atoms with Gasteiger partial charge in [-0.15, -0.1) is 24.8 Å². The highest BCUT2D eigenvalue weighted by molar-refractivity contribution is 5.85. The van der Waals surface area contributed by atoms with Gasteiger partial charge in [0.05, 0.1) is 12.6 Å². The number of hydrogen-bond donors (Lipinski definition) is 2. The van der Waals surface area contributed by atoms with Crippen LogP contribution < -0.4 is 11.1 Å². The van der Waals surface area contributed by atoms with Gasteiger partial charge in [-0.2, -0.15) is 5.10 Å². The molecule has 1 fully saturated rings. The first kappa shape index (κ1) is 22.4. The van der Waals surface area contributed by atoms with Crippen molar-refractivity contribution >= 4 is 30.7 Å². The highest BCUT2D eigenvalue weighted by atomic mass is 35.5. The molecule has 1 aromatic carbocycles. The van der Waals surface area contributed by atoms with Crippen LogP contribution in [0.25, 0.3) is 0 Å². The molecule has 0 aliphatic carbocycles. The Kier molecular flexibility index (Phi) is 9.58. The van der Waals surface area contributed by atoms with E-state index in [1.165, 1.54) is 6.33 Å². The fraction of sp³-hybridized carbons (Fsp3) is 0.471. The molecule has 3 rings (SSSR count). The van der Waals surface area contributed by atoms with Gasteiger partial charge >= 0.3 is 0 Å². The zero-order valence-electron chi connectivity index (χ0n) is 14.4. The summed E-state index contributed by atoms with van der Waals surface area (Å²) < 4.78 is 7.08. The Morgan fingerprint density at radius 3 is 2.62 bits per heavy atom. The summed E-state index contributed by atoms with van der Waals surface area (Å²) in [5.41, 5.74) is 8.27. The number of nitrogens with zero attached hydrogens (tertiary/aromatic N) is 3. The van der Waals surface area contributed by atoms with Crippen molar-refractivity contribution < 1.29 is 9.53 Å². The zero-order chi connectivity index (χ0) is 16.8. The topological polar surface area (TPSA) is 95.1 Å². The SMILES string of the molecule is Cl.Cl.NC(C(=O)NCc1ccccc1Cn1cncn1)C1CCOCC1. The molecule has 7 nitrogen and oxygen atoms in total. The molecule has 1 aliphatic heterocycles. The maximum atomic E-state index is 12.3. The van der Waals surface area contributed by atoms with E-state index in [-0.39, 0.29) is 36.6 Å². The van der Waals surface area contributed by atoms with Crippen molar-refractivity contribution in [2.24, 2.45) is 11.7 Å². The van der Waals surface area contributed by atoms with E-state index >= 15 is 0 Å². The molecule has 1 atom stereocenters. The van der Waals surface area contributed by atoms with Crippen LogP contribution in [0.3, 0.4) is 0 Å². The first-order chi connectivity index (χ1) is 11.7. The molecule has 1 aromatic heterocycles. The van der Waals surface area contributed by atoms with Crippen molar-refractivity contribution in [1.82, 2.24) is 20.1 Å². The summed E-state index contributed by atoms with van der Waals surface area (Å²) in [4.78, 5) is 16.3. The molecule has 1 aliphatic rings. The molecule has 26 heavy (non-hydrogen) atoms. The number of carbonyl (C=O) groups excluding carboxylic acids is 1. The van der Waals surface area contributed by atoms with E-state index in [1.54, 1.807) is 11.0 Å². The summed E-state index contributed by atoms with van der Waals surface area (Å²) in [6.45, 7) is 2.46. The fourth-order valence-electron chi connectivity index (χ4n) is 2.96. The second-order valence-electron chi connectivity index (χ2n) is 6.06. The summed E-state index contributed by atoms with van der Waals surface area (Å²) >= 11 is 0. The van der Waals surface area contributed by atoms with Gasteiger partial charge in [0.2, 0.25) is 5.91 Å². The molecule has 2 heterocycles. The molecule has 0 saturated carbocycles. The largest absolute Gasteiger partial charge is 0.381 e. The number of nitrogens with two attached hydrogens (primary N) is 1. The van der Waals surface area contributed by atoms with Gasteiger partial charge in [-0.3, -0.25) is 4.79 Å². The minimum absolute atomic E-state index is 0. The van der Waals surface area contributed by atoms with E-state index in [1.807, 2.05) is 24.3 Å². The summed E-state index contributed by atoms with van der Waals surface area (Å²) in [5, 5.41) is 7.09. The molecule has 0 spiro atoms. The van der Waals surface area contributed by atoms with Gasteiger partial charge in [0.25, 0.3) is 0 Å². The Balaban J connectivity index is 0.00000169. The van der Waals surface area contributed by atoms with Gasteiger partial charge in [-0.25, -0.2) is 9.67 Å². The van der Waals surface area contributed by atoms with Crippen molar-refractivity contribution in [2.75, 3.05) is 13.2 Å². The van der Waals surface area contributed by atoms with Crippen LogP contribution in [-0.2, 0) is 22.6 Å². The monoisotopic (exact) mass is 401 g/mol. The molecule has 1 amide bonds. The molecular formula is C17H25Cl2N5O2. The van der Waals surface area contributed by atoms with E-state index in [2.05, 4.69) is 15.4 Å². The maximum absolute atomic E-state index is 12.3. The van der Waals surface area contributed by atoms with E-state index in [0.29, 0.717) is 26.3 Å². The molecule has 0 radical (unpaired) electrons. The predicted octanol–water partition coefficient (Wildman–Crippen LogP) is 1.54. The number of aromatic nitrogens is 3. The molecule has 1 saturated heterocycles. The minimum atomic E-state index is -0.476. The molecule has 144 valence electrons. The number of carbonyl (C=O) groups is 1. The van der Waals surface area contributed by atoms with Gasteiger partial charge in [0, 0.05) is 19.8 Å². The van der Waals surface area contributed by atoms with Crippen LogP contribution in [0.1, 0.15) is 24.0 Å². The highest BCUT2D eigenvalue weighted by Gasteiger charge is 2.26. The van der Waals surface area contributed by atoms with Crippen molar-refractivity contribution in [3.63, 3.8) is 0 Å². The van der Waals surface area contributed by atoms with Crippen LogP contribution in [0.4, 0.5) is 0 Å². The second kappa shape index (κ2) is 11.1. The van der Waals surface area contributed by atoms with Gasteiger partial charge < -0.3 is 15.8 Å². The number of ether oxygens (including phenoxy) is 1. The third-order valence-corrected chi connectivity index (χ3v) is 4.45. The second-order valence-corrected chi connectivity index (χ2v) is 6.06. The summed E-state index contributed by atoms with van der Waals surface area (Å²) in [7, 11) is 0. The van der Waals surface area contributed by atoms with Crippen molar-refractivity contribution in [3.05, 3.63) is 48.0 Å². The van der Waals surface area contributed by atoms with Crippen LogP contribution in [-0.4, -0.2) is 39.9 Å². The number of hydrogen-bond acceptors (Lipinski definition) is 5. The van der Waals surface area contributed by atoms with Gasteiger partial charge in [-0.05, 0) is 29.9 Å². The van der Waals surface area contributed by atoms with Crippen LogP contribution >= 0.6 is 24.8 Å². The number of nitrogens with one attached hydrogen (secondary N) is 1. The van der Waals surface area contributed by atoms with Crippen molar-refractivity contribution in [1.29, 1.82) is 0 Å². The average molecular weight is 402 g/mol. The fourth-order valence-corrected chi connectivity index (χ4v) is 2.96. The predicted molar refractivity (Wildman–Crippen MR) is 103 cm³/mol. The number of halogens is 2. The van der Waals surface area contributed by atoms with Gasteiger partial charge in [0.1, 0.15) is 12.7 Å². The first-order valence-corrected chi connectivity index (χ1v) is 8.24. The van der Waals surface area contributed by atoms with E-state index in [0.717, 1.165) is 24.0 Å². The lowest BCUT2D eigenvalue weighted by atomic mass is 9.92. The first-order valence-electron chi connectivity index (χ1n) is 8.24. The Bertz CT molecular complexity index is 663. The van der Waals surface area contributed by atoms with Crippen LogP contribution in [0.2, 0.25) is 0 Å². The Morgan fingerprint density at radius 1 is 1.27 bits per heavy atom. The normalized spacial score (nSPS) is 15.4. The lowest BCUT2D eigenvalue weighted by molar-refractivity contribution is -0.124. The summed E-state index contributed by atoms with van der Waals surface area (Å²) in [5.74, 6) is 0.0987. The minimum Gasteiger partial charge on any atom is -0.381 e. The number of amides is 1. The van der Waals surface area contributed by atoms with Crippen molar-refractivity contribution in [2.45, 2.75) is 32.0 Å². The molecule has 1 unspecified atom stereocenters. The molecular weight excluding hydrogens is 377 g/mol. The zero-order valence-corrected chi connectivity index (χ0v) is 16.0. The lowest BCUT2D eigenvalue weighted by Crippen LogP contribution is -2.46. The van der Waals surface area contributed by atoms with Crippen LogP contribution in [0, 0.1) is 5.92 Å². The maximum Gasteiger partial charge on any atom is 0.237 e. The van der Waals surface area contributed by atoms with Gasteiger partial charge in [-0.1, -0.05) is 24.3 Å². The van der Waals surface area contributed by atoms with E-state index in [9.17, 15) is 4.79 Å². The summed E-state index contributed by atoms with van der Waals surface area (Å²) in [6, 6.07) is 7.50. The van der Waals surface area contributed by atoms with Crippen LogP contribution in [0.15, 0.2) is 36.9 Å². The van der Waals surface area contributed by atoms with E-state index in [4.69, 9.17) is 10.5 Å². The van der Waals surface area contributed by atoms with Crippen LogP contribution in [0.5, 0.6) is 0 Å². The quantitative estimate of drug-likeness (QED) is 0.765. The third kappa shape index (κ3) is 5.95. The number of benzene rings is 1. The standard InChI is InChI=1S/C17H23N5O2.2ClH/c18-16(13-5-7-24-8-6-13)17(23)20-9-14-3-1-2-4-15(14)10-22-12-19-11-21-22;;/h1-4,11-13,16H,5-10,18H2,(H,20,23);2*1H. The molecule has 9 heteroatoms. The smallest absolute Gasteiger partial charge is 0.237 e. The Labute approximate surface area is 165 Å². The Hall–Kier alpha value is -1.67. The van der Waals surface area contributed by atoms with Gasteiger partial charge in [0.15, 0.2) is 0 Å². The molecule has 0 bridgehead atoms.